The number of hydrogen-bond acceptors (Lipinski definition) is 3. The lowest BCUT2D eigenvalue weighted by atomic mass is 9.85. The van der Waals surface area contributed by atoms with Crippen LogP contribution in [0, 0.1) is 12.3 Å². The summed E-state index contributed by atoms with van der Waals surface area (Å²) in [6, 6.07) is 0. The normalized spacial score (nSPS) is 20.1. The van der Waals surface area contributed by atoms with Crippen LogP contribution in [0.4, 0.5) is 0 Å². The summed E-state index contributed by atoms with van der Waals surface area (Å²) in [7, 11) is 0. The van der Waals surface area contributed by atoms with E-state index in [-0.39, 0.29) is 0 Å². The van der Waals surface area contributed by atoms with Crippen molar-refractivity contribution in [2.75, 3.05) is 5.33 Å². The van der Waals surface area contributed by atoms with Crippen molar-refractivity contribution < 1.29 is 0 Å². The van der Waals surface area contributed by atoms with E-state index < -0.39 is 0 Å². The van der Waals surface area contributed by atoms with Gasteiger partial charge in [0.15, 0.2) is 0 Å². The summed E-state index contributed by atoms with van der Waals surface area (Å²) in [6.45, 7) is 2.02. The molecule has 0 N–H and O–H groups in total. The van der Waals surface area contributed by atoms with Gasteiger partial charge in [-0.3, -0.25) is 0 Å². The molecule has 2 nitrogen and oxygen atoms in total. The molecule has 0 aliphatic heterocycles. The van der Waals surface area contributed by atoms with Gasteiger partial charge >= 0.3 is 0 Å². The number of aromatic nitrogens is 2. The van der Waals surface area contributed by atoms with Gasteiger partial charge < -0.3 is 0 Å². The Labute approximate surface area is 97.3 Å². The summed E-state index contributed by atoms with van der Waals surface area (Å²) in [6.07, 6.45) is 6.56. The van der Waals surface area contributed by atoms with Crippen LogP contribution < -0.4 is 0 Å². The Balaban J connectivity index is 2.08. The van der Waals surface area contributed by atoms with Gasteiger partial charge in [-0.1, -0.05) is 28.8 Å². The van der Waals surface area contributed by atoms with Crippen molar-refractivity contribution in [1.29, 1.82) is 0 Å². The first-order valence-electron chi connectivity index (χ1n) is 5.09. The lowest BCUT2D eigenvalue weighted by molar-refractivity contribution is 0.345. The zero-order chi connectivity index (χ0) is 10.0. The minimum Gasteiger partial charge on any atom is -0.144 e. The van der Waals surface area contributed by atoms with Crippen LogP contribution in [0.1, 0.15) is 35.7 Å². The van der Waals surface area contributed by atoms with E-state index in [0.29, 0.717) is 5.41 Å². The maximum Gasteiger partial charge on any atom is 0.118 e. The fourth-order valence-electron chi connectivity index (χ4n) is 2.21. The number of alkyl halides is 1. The molecule has 0 atom stereocenters. The van der Waals surface area contributed by atoms with Crippen molar-refractivity contribution in [2.24, 2.45) is 5.41 Å². The summed E-state index contributed by atoms with van der Waals surface area (Å²) in [4.78, 5) is 0. The fourth-order valence-corrected chi connectivity index (χ4v) is 3.85. The third-order valence-electron chi connectivity index (χ3n) is 3.04. The van der Waals surface area contributed by atoms with Gasteiger partial charge in [0.1, 0.15) is 10.0 Å². The summed E-state index contributed by atoms with van der Waals surface area (Å²) in [5.41, 5.74) is 0.478. The van der Waals surface area contributed by atoms with Gasteiger partial charge in [-0.15, -0.1) is 21.5 Å². The molecule has 0 bridgehead atoms. The Morgan fingerprint density at radius 3 is 2.57 bits per heavy atom. The SMILES string of the molecule is Cc1nnc(CC2(CBr)CCCC2)s1. The van der Waals surface area contributed by atoms with Gasteiger partial charge in [-0.2, -0.15) is 0 Å². The average Bonchev–Trinajstić information content (AvgIpc) is 2.77. The molecule has 1 saturated carbocycles. The van der Waals surface area contributed by atoms with Crippen molar-refractivity contribution in [3.8, 4) is 0 Å². The lowest BCUT2D eigenvalue weighted by Gasteiger charge is -2.24. The first kappa shape index (κ1) is 10.6. The summed E-state index contributed by atoms with van der Waals surface area (Å²) >= 11 is 5.40. The second kappa shape index (κ2) is 4.27. The van der Waals surface area contributed by atoms with Gasteiger partial charge in [0, 0.05) is 11.8 Å². The topological polar surface area (TPSA) is 25.8 Å². The number of halogens is 1. The standard InChI is InChI=1S/C10H15BrN2S/c1-8-12-13-9(14-8)6-10(7-11)4-2-3-5-10/h2-7H2,1H3. The van der Waals surface area contributed by atoms with Crippen molar-refractivity contribution >= 4 is 27.3 Å². The quantitative estimate of drug-likeness (QED) is 0.791. The molecule has 0 spiro atoms. The molecule has 1 aliphatic carbocycles. The minimum atomic E-state index is 0.478. The number of hydrogen-bond donors (Lipinski definition) is 0. The van der Waals surface area contributed by atoms with E-state index in [9.17, 15) is 0 Å². The van der Waals surface area contributed by atoms with E-state index in [1.54, 1.807) is 11.3 Å². The van der Waals surface area contributed by atoms with Crippen LogP contribution in [0.2, 0.25) is 0 Å². The molecule has 2 rings (SSSR count). The highest BCUT2D eigenvalue weighted by Crippen LogP contribution is 2.42. The molecule has 14 heavy (non-hydrogen) atoms. The zero-order valence-electron chi connectivity index (χ0n) is 8.42. The minimum absolute atomic E-state index is 0.478. The maximum atomic E-state index is 4.22. The van der Waals surface area contributed by atoms with Gasteiger partial charge in [0.25, 0.3) is 0 Å². The van der Waals surface area contributed by atoms with Crippen LogP contribution in [0.25, 0.3) is 0 Å². The summed E-state index contributed by atoms with van der Waals surface area (Å²) in [5.74, 6) is 0. The monoisotopic (exact) mass is 274 g/mol. The number of nitrogens with zero attached hydrogens (tertiary/aromatic N) is 2. The smallest absolute Gasteiger partial charge is 0.118 e. The number of rotatable bonds is 3. The second-order valence-electron chi connectivity index (χ2n) is 4.23. The van der Waals surface area contributed by atoms with Gasteiger partial charge in [-0.05, 0) is 25.2 Å². The van der Waals surface area contributed by atoms with Crippen LogP contribution in [-0.4, -0.2) is 15.5 Å². The van der Waals surface area contributed by atoms with E-state index in [1.165, 1.54) is 30.7 Å². The number of aryl methyl sites for hydroxylation is 1. The summed E-state index contributed by atoms with van der Waals surface area (Å²) in [5, 5.41) is 11.7. The van der Waals surface area contributed by atoms with Crippen molar-refractivity contribution in [3.05, 3.63) is 10.0 Å². The van der Waals surface area contributed by atoms with E-state index in [0.717, 1.165) is 16.8 Å². The Hall–Kier alpha value is 0.0400. The zero-order valence-corrected chi connectivity index (χ0v) is 10.8. The largest absolute Gasteiger partial charge is 0.144 e. The van der Waals surface area contributed by atoms with Crippen LogP contribution >= 0.6 is 27.3 Å². The van der Waals surface area contributed by atoms with Crippen molar-refractivity contribution in [1.82, 2.24) is 10.2 Å². The first-order valence-corrected chi connectivity index (χ1v) is 7.03. The van der Waals surface area contributed by atoms with Crippen LogP contribution in [-0.2, 0) is 6.42 Å². The molecule has 0 unspecified atom stereocenters. The molecule has 0 aromatic carbocycles. The van der Waals surface area contributed by atoms with Gasteiger partial charge in [0.05, 0.1) is 0 Å². The first-order chi connectivity index (χ1) is 6.74. The Bertz CT molecular complexity index is 305. The molecule has 1 aromatic rings. The molecular formula is C10H15BrN2S. The second-order valence-corrected chi connectivity index (χ2v) is 6.06. The Morgan fingerprint density at radius 1 is 1.36 bits per heavy atom. The molecule has 0 saturated heterocycles. The fraction of sp³-hybridized carbons (Fsp3) is 0.800. The third kappa shape index (κ3) is 2.16. The predicted molar refractivity (Wildman–Crippen MR) is 63.0 cm³/mol. The Morgan fingerprint density at radius 2 is 2.07 bits per heavy atom. The van der Waals surface area contributed by atoms with Crippen LogP contribution in [0.3, 0.4) is 0 Å². The average molecular weight is 275 g/mol. The molecule has 1 aromatic heterocycles. The van der Waals surface area contributed by atoms with Crippen LogP contribution in [0.15, 0.2) is 0 Å². The molecule has 1 heterocycles. The van der Waals surface area contributed by atoms with Gasteiger partial charge in [0.2, 0.25) is 0 Å². The molecule has 0 amide bonds. The van der Waals surface area contributed by atoms with Crippen molar-refractivity contribution in [3.63, 3.8) is 0 Å². The lowest BCUT2D eigenvalue weighted by Crippen LogP contribution is -2.21. The van der Waals surface area contributed by atoms with E-state index in [4.69, 9.17) is 0 Å². The molecule has 78 valence electrons. The highest BCUT2D eigenvalue weighted by atomic mass is 79.9. The van der Waals surface area contributed by atoms with Gasteiger partial charge in [-0.25, -0.2) is 0 Å². The van der Waals surface area contributed by atoms with E-state index in [1.807, 2.05) is 6.92 Å². The molecule has 1 fully saturated rings. The van der Waals surface area contributed by atoms with Crippen LogP contribution in [0.5, 0.6) is 0 Å². The molecule has 1 aliphatic rings. The summed E-state index contributed by atoms with van der Waals surface area (Å²) < 4.78 is 0. The maximum absolute atomic E-state index is 4.22. The third-order valence-corrected chi connectivity index (χ3v) is 5.07. The van der Waals surface area contributed by atoms with E-state index >= 15 is 0 Å². The highest BCUT2D eigenvalue weighted by molar-refractivity contribution is 9.09. The highest BCUT2D eigenvalue weighted by Gasteiger charge is 2.33. The van der Waals surface area contributed by atoms with Crippen molar-refractivity contribution in [2.45, 2.75) is 39.0 Å². The van der Waals surface area contributed by atoms with E-state index in [2.05, 4.69) is 26.1 Å². The molecule has 0 radical (unpaired) electrons. The predicted octanol–water partition coefficient (Wildman–Crippen LogP) is 3.34. The molecular weight excluding hydrogens is 260 g/mol. The molecule has 4 heteroatoms. The Kier molecular flexibility index (Phi) is 3.22.